The Kier molecular flexibility index (Phi) is 6.26. The molecule has 0 spiro atoms. The summed E-state index contributed by atoms with van der Waals surface area (Å²) in [4.78, 5) is 32.2. The van der Waals surface area contributed by atoms with E-state index >= 15 is 0 Å². The molecule has 1 amide bonds. The van der Waals surface area contributed by atoms with Crippen molar-refractivity contribution >= 4 is 23.5 Å². The highest BCUT2D eigenvalue weighted by molar-refractivity contribution is 5.97. The van der Waals surface area contributed by atoms with Gasteiger partial charge in [0.05, 0.1) is 12.2 Å². The minimum absolute atomic E-state index is 0.0255. The number of amides is 1. The van der Waals surface area contributed by atoms with E-state index in [4.69, 9.17) is 4.74 Å². The molecule has 1 atom stereocenters. The molecule has 0 radical (unpaired) electrons. The summed E-state index contributed by atoms with van der Waals surface area (Å²) in [5.74, 6) is -0.172. The first-order valence-electron chi connectivity index (χ1n) is 10.9. The summed E-state index contributed by atoms with van der Waals surface area (Å²) in [6.07, 6.45) is 1.43. The minimum atomic E-state index is -0.499. The number of fused-ring (bicyclic) bond motifs is 1. The van der Waals surface area contributed by atoms with Crippen LogP contribution in [0.4, 0.5) is 11.6 Å². The second-order valence-electron chi connectivity index (χ2n) is 7.92. The molecular formula is C25H27N5O3. The molecule has 1 aliphatic heterocycles. The van der Waals surface area contributed by atoms with Crippen LogP contribution in [0.25, 0.3) is 0 Å². The zero-order valence-electron chi connectivity index (χ0n) is 19.2. The van der Waals surface area contributed by atoms with E-state index in [-0.39, 0.29) is 19.1 Å². The van der Waals surface area contributed by atoms with E-state index in [2.05, 4.69) is 15.4 Å². The maximum Gasteiger partial charge on any atom is 0.338 e. The summed E-state index contributed by atoms with van der Waals surface area (Å²) in [6.45, 7) is 7.77. The lowest BCUT2D eigenvalue weighted by Crippen LogP contribution is -2.41. The molecule has 1 aliphatic rings. The van der Waals surface area contributed by atoms with Gasteiger partial charge in [0, 0.05) is 11.4 Å². The molecular weight excluding hydrogens is 418 g/mol. The number of benzene rings is 2. The Morgan fingerprint density at radius 1 is 1.06 bits per heavy atom. The SMILES string of the molecule is CCOC(=O)C1=C(C)N(CC(=O)Nc2cccc(C)c2C)c2ncnn2[C@@H]1c1ccccc1. The van der Waals surface area contributed by atoms with E-state index in [1.165, 1.54) is 6.33 Å². The first-order valence-corrected chi connectivity index (χ1v) is 10.9. The summed E-state index contributed by atoms with van der Waals surface area (Å²) < 4.78 is 7.05. The number of nitrogens with zero attached hydrogens (tertiary/aromatic N) is 4. The number of rotatable bonds is 6. The molecule has 1 N–H and O–H groups in total. The van der Waals surface area contributed by atoms with Crippen LogP contribution in [0.2, 0.25) is 0 Å². The quantitative estimate of drug-likeness (QED) is 0.581. The van der Waals surface area contributed by atoms with Gasteiger partial charge in [0.2, 0.25) is 11.9 Å². The fourth-order valence-corrected chi connectivity index (χ4v) is 4.06. The van der Waals surface area contributed by atoms with Crippen LogP contribution < -0.4 is 10.2 Å². The highest BCUT2D eigenvalue weighted by Gasteiger charge is 2.38. The molecule has 8 heteroatoms. The number of allylic oxidation sites excluding steroid dienone is 1. The predicted octanol–water partition coefficient (Wildman–Crippen LogP) is 3.78. The van der Waals surface area contributed by atoms with Crippen molar-refractivity contribution < 1.29 is 14.3 Å². The smallest absolute Gasteiger partial charge is 0.338 e. The number of aromatic nitrogens is 3. The van der Waals surface area contributed by atoms with E-state index < -0.39 is 12.0 Å². The number of ether oxygens (including phenoxy) is 1. The van der Waals surface area contributed by atoms with Gasteiger partial charge in [0.1, 0.15) is 18.9 Å². The molecule has 0 bridgehead atoms. The molecule has 4 rings (SSSR count). The van der Waals surface area contributed by atoms with Crippen LogP contribution in [-0.2, 0) is 14.3 Å². The second kappa shape index (κ2) is 9.28. The summed E-state index contributed by atoms with van der Waals surface area (Å²) in [5, 5.41) is 7.38. The van der Waals surface area contributed by atoms with Crippen molar-refractivity contribution in [2.75, 3.05) is 23.4 Å². The van der Waals surface area contributed by atoms with E-state index in [0.29, 0.717) is 17.2 Å². The van der Waals surface area contributed by atoms with Gasteiger partial charge in [0.25, 0.3) is 0 Å². The molecule has 0 aliphatic carbocycles. The number of nitrogens with one attached hydrogen (secondary N) is 1. The fourth-order valence-electron chi connectivity index (χ4n) is 4.06. The fraction of sp³-hybridized carbons (Fsp3) is 0.280. The number of anilines is 2. The first-order chi connectivity index (χ1) is 15.9. The minimum Gasteiger partial charge on any atom is -0.463 e. The number of aryl methyl sites for hydroxylation is 1. The molecule has 0 unspecified atom stereocenters. The molecule has 2 heterocycles. The molecule has 2 aromatic carbocycles. The van der Waals surface area contributed by atoms with Gasteiger partial charge >= 0.3 is 5.97 Å². The molecule has 8 nitrogen and oxygen atoms in total. The van der Waals surface area contributed by atoms with Crippen molar-refractivity contribution in [3.8, 4) is 0 Å². The summed E-state index contributed by atoms with van der Waals surface area (Å²) in [6, 6.07) is 14.9. The van der Waals surface area contributed by atoms with Crippen molar-refractivity contribution in [3.05, 3.63) is 82.8 Å². The third kappa shape index (κ3) is 4.24. The molecule has 0 saturated heterocycles. The largest absolute Gasteiger partial charge is 0.463 e. The molecule has 0 fully saturated rings. The van der Waals surface area contributed by atoms with Gasteiger partial charge in [0.15, 0.2) is 0 Å². The van der Waals surface area contributed by atoms with Crippen LogP contribution in [0.5, 0.6) is 0 Å². The van der Waals surface area contributed by atoms with Crippen molar-refractivity contribution in [3.63, 3.8) is 0 Å². The third-order valence-corrected chi connectivity index (χ3v) is 5.90. The standard InChI is InChI=1S/C25H27N5O3/c1-5-33-24(32)22-18(4)29(14-21(31)28-20-13-9-10-16(2)17(20)3)25-26-15-27-30(25)23(22)19-11-7-6-8-12-19/h6-13,15,23H,5,14H2,1-4H3,(H,28,31)/t23-/m1/s1. The van der Waals surface area contributed by atoms with Crippen LogP contribution in [-0.4, -0.2) is 39.8 Å². The van der Waals surface area contributed by atoms with Gasteiger partial charge in [-0.05, 0) is 50.5 Å². The van der Waals surface area contributed by atoms with Gasteiger partial charge in [-0.3, -0.25) is 4.79 Å². The van der Waals surface area contributed by atoms with E-state index in [9.17, 15) is 9.59 Å². The van der Waals surface area contributed by atoms with Crippen molar-refractivity contribution in [1.82, 2.24) is 14.8 Å². The van der Waals surface area contributed by atoms with E-state index in [1.54, 1.807) is 16.5 Å². The van der Waals surface area contributed by atoms with Gasteiger partial charge in [-0.2, -0.15) is 10.1 Å². The molecule has 170 valence electrons. The van der Waals surface area contributed by atoms with Crippen LogP contribution in [0.15, 0.2) is 66.1 Å². The highest BCUT2D eigenvalue weighted by atomic mass is 16.5. The number of carbonyl (C=O) groups excluding carboxylic acids is 2. The van der Waals surface area contributed by atoms with Crippen LogP contribution in [0.3, 0.4) is 0 Å². The zero-order valence-corrected chi connectivity index (χ0v) is 19.2. The Morgan fingerprint density at radius 2 is 1.82 bits per heavy atom. The number of hydrogen-bond donors (Lipinski definition) is 1. The average Bonchev–Trinajstić information content (AvgIpc) is 3.28. The van der Waals surface area contributed by atoms with Crippen molar-refractivity contribution in [2.45, 2.75) is 33.7 Å². The Morgan fingerprint density at radius 3 is 2.55 bits per heavy atom. The number of carbonyl (C=O) groups is 2. The van der Waals surface area contributed by atoms with Gasteiger partial charge in [-0.25, -0.2) is 9.48 Å². The first kappa shape index (κ1) is 22.3. The lowest BCUT2D eigenvalue weighted by molar-refractivity contribution is -0.139. The Bertz CT molecular complexity index is 1220. The van der Waals surface area contributed by atoms with Crippen molar-refractivity contribution in [2.24, 2.45) is 0 Å². The monoisotopic (exact) mass is 445 g/mol. The average molecular weight is 446 g/mol. The summed E-state index contributed by atoms with van der Waals surface area (Å²) >= 11 is 0. The Balaban J connectivity index is 1.72. The van der Waals surface area contributed by atoms with Gasteiger partial charge in [-0.15, -0.1) is 0 Å². The maximum absolute atomic E-state index is 13.1. The molecule has 0 saturated carbocycles. The maximum atomic E-state index is 13.1. The van der Waals surface area contributed by atoms with Gasteiger partial charge < -0.3 is 15.0 Å². The topological polar surface area (TPSA) is 89.3 Å². The van der Waals surface area contributed by atoms with Crippen LogP contribution in [0.1, 0.15) is 36.6 Å². The Hall–Kier alpha value is -3.94. The molecule has 1 aromatic heterocycles. The molecule has 3 aromatic rings. The Labute approximate surface area is 192 Å². The number of esters is 1. The van der Waals surface area contributed by atoms with Gasteiger partial charge in [-0.1, -0.05) is 42.5 Å². The van der Waals surface area contributed by atoms with E-state index in [0.717, 1.165) is 22.4 Å². The van der Waals surface area contributed by atoms with Crippen LogP contribution >= 0.6 is 0 Å². The molecule has 33 heavy (non-hydrogen) atoms. The normalized spacial score (nSPS) is 15.3. The number of hydrogen-bond acceptors (Lipinski definition) is 6. The summed E-state index contributed by atoms with van der Waals surface area (Å²) in [5.41, 5.74) is 4.78. The lowest BCUT2D eigenvalue weighted by Gasteiger charge is -2.35. The lowest BCUT2D eigenvalue weighted by atomic mass is 9.95. The summed E-state index contributed by atoms with van der Waals surface area (Å²) in [7, 11) is 0. The zero-order chi connectivity index (χ0) is 23.5. The second-order valence-corrected chi connectivity index (χ2v) is 7.92. The highest BCUT2D eigenvalue weighted by Crippen LogP contribution is 2.38. The van der Waals surface area contributed by atoms with Crippen LogP contribution in [0, 0.1) is 13.8 Å². The van der Waals surface area contributed by atoms with E-state index in [1.807, 2.05) is 69.3 Å². The van der Waals surface area contributed by atoms with Crippen molar-refractivity contribution in [1.29, 1.82) is 0 Å². The third-order valence-electron chi connectivity index (χ3n) is 5.90. The predicted molar refractivity (Wildman–Crippen MR) is 126 cm³/mol.